The van der Waals surface area contributed by atoms with Gasteiger partial charge < -0.3 is 19.8 Å². The zero-order valence-corrected chi connectivity index (χ0v) is 11.3. The minimum atomic E-state index is -1.54. The Morgan fingerprint density at radius 1 is 1.05 bits per heavy atom. The Bertz CT molecular complexity index is 663. The number of aromatic carboxylic acids is 1. The Labute approximate surface area is 119 Å². The van der Waals surface area contributed by atoms with E-state index in [-0.39, 0.29) is 16.7 Å². The molecule has 1 aliphatic rings. The van der Waals surface area contributed by atoms with Gasteiger partial charge in [-0.2, -0.15) is 0 Å². The molecule has 0 aliphatic carbocycles. The van der Waals surface area contributed by atoms with Crippen molar-refractivity contribution >= 4 is 23.8 Å². The van der Waals surface area contributed by atoms with E-state index < -0.39 is 35.7 Å². The van der Waals surface area contributed by atoms with Crippen LogP contribution in [0.4, 0.5) is 0 Å². The van der Waals surface area contributed by atoms with E-state index in [4.69, 9.17) is 0 Å². The van der Waals surface area contributed by atoms with Crippen LogP contribution in [-0.4, -0.2) is 34.7 Å². The van der Waals surface area contributed by atoms with Crippen LogP contribution in [0.2, 0.25) is 0 Å². The van der Waals surface area contributed by atoms with Crippen LogP contribution in [0.15, 0.2) is 18.2 Å². The molecular formula is C14H11NO6-2. The van der Waals surface area contributed by atoms with Crippen LogP contribution in [0.1, 0.15) is 44.9 Å². The van der Waals surface area contributed by atoms with Gasteiger partial charge in [-0.3, -0.25) is 14.5 Å². The van der Waals surface area contributed by atoms with Crippen LogP contribution in [0.25, 0.3) is 0 Å². The lowest BCUT2D eigenvalue weighted by Gasteiger charge is -2.30. The first kappa shape index (κ1) is 14.7. The van der Waals surface area contributed by atoms with Crippen molar-refractivity contribution < 1.29 is 29.4 Å². The van der Waals surface area contributed by atoms with Crippen molar-refractivity contribution in [2.75, 3.05) is 0 Å². The lowest BCUT2D eigenvalue weighted by Crippen LogP contribution is -2.53. The largest absolute Gasteiger partial charge is 0.548 e. The van der Waals surface area contributed by atoms with Crippen molar-refractivity contribution in [3.8, 4) is 0 Å². The van der Waals surface area contributed by atoms with E-state index in [1.807, 2.05) is 0 Å². The quantitative estimate of drug-likeness (QED) is 0.617. The predicted octanol–water partition coefficient (Wildman–Crippen LogP) is -1.58. The molecule has 0 saturated heterocycles. The Balaban J connectivity index is 2.51. The van der Waals surface area contributed by atoms with E-state index >= 15 is 0 Å². The van der Waals surface area contributed by atoms with E-state index in [0.717, 1.165) is 12.1 Å². The number of aliphatic carboxylic acids is 1. The summed E-state index contributed by atoms with van der Waals surface area (Å²) in [5.41, 5.74) is -0.434. The van der Waals surface area contributed by atoms with Gasteiger partial charge in [-0.15, -0.1) is 0 Å². The van der Waals surface area contributed by atoms with E-state index in [0.29, 0.717) is 4.90 Å². The number of hydrogen-bond acceptors (Lipinski definition) is 6. The molecule has 1 aromatic carbocycles. The van der Waals surface area contributed by atoms with Gasteiger partial charge in [0, 0.05) is 0 Å². The summed E-state index contributed by atoms with van der Waals surface area (Å²) in [6.07, 6.45) is 0. The summed E-state index contributed by atoms with van der Waals surface area (Å²) in [4.78, 5) is 47.0. The molecule has 0 spiro atoms. The van der Waals surface area contributed by atoms with Crippen LogP contribution in [0, 0.1) is 5.92 Å². The summed E-state index contributed by atoms with van der Waals surface area (Å²) in [6, 6.07) is 1.90. The first-order valence-electron chi connectivity index (χ1n) is 6.19. The number of nitrogens with zero attached hydrogens (tertiary/aromatic N) is 1. The SMILES string of the molecule is CC(C)[C@@H](C(=O)[O-])N1C(=O)c2ccc(C(=O)[O-])cc2C1=O. The molecule has 2 amide bonds. The number of imide groups is 1. The van der Waals surface area contributed by atoms with Crippen LogP contribution < -0.4 is 10.2 Å². The third-order valence-corrected chi connectivity index (χ3v) is 3.30. The summed E-state index contributed by atoms with van der Waals surface area (Å²) in [6.45, 7) is 3.08. The molecule has 2 rings (SSSR count). The minimum absolute atomic E-state index is 0.0306. The lowest BCUT2D eigenvalue weighted by molar-refractivity contribution is -0.311. The summed E-state index contributed by atoms with van der Waals surface area (Å²) < 4.78 is 0. The zero-order valence-electron chi connectivity index (χ0n) is 11.3. The smallest absolute Gasteiger partial charge is 0.262 e. The molecule has 0 fully saturated rings. The lowest BCUT2D eigenvalue weighted by atomic mass is 10.0. The highest BCUT2D eigenvalue weighted by Crippen LogP contribution is 2.27. The topological polar surface area (TPSA) is 118 Å². The fourth-order valence-electron chi connectivity index (χ4n) is 2.31. The highest BCUT2D eigenvalue weighted by atomic mass is 16.4. The molecule has 21 heavy (non-hydrogen) atoms. The fraction of sp³-hybridized carbons (Fsp3) is 0.286. The van der Waals surface area contributed by atoms with Gasteiger partial charge in [-0.05, 0) is 23.6 Å². The standard InChI is InChI=1S/C14H13NO6/c1-6(2)10(14(20)21)15-11(16)8-4-3-7(13(18)19)5-9(8)12(15)17/h3-6,10H,1-2H3,(H,18,19)(H,20,21)/p-2/t10-/m0/s1. The van der Waals surface area contributed by atoms with Gasteiger partial charge in [-0.1, -0.05) is 19.9 Å². The molecular weight excluding hydrogens is 278 g/mol. The molecule has 1 aromatic rings. The first-order chi connectivity index (χ1) is 9.75. The predicted molar refractivity (Wildman–Crippen MR) is 64.9 cm³/mol. The number of carbonyl (C=O) groups is 4. The molecule has 7 nitrogen and oxygen atoms in total. The second kappa shape index (κ2) is 5.01. The maximum atomic E-state index is 12.2. The highest BCUT2D eigenvalue weighted by Gasteiger charge is 2.41. The van der Waals surface area contributed by atoms with Crippen molar-refractivity contribution in [1.29, 1.82) is 0 Å². The summed E-state index contributed by atoms with van der Waals surface area (Å²) in [5.74, 6) is -5.20. The summed E-state index contributed by atoms with van der Waals surface area (Å²) in [5, 5.41) is 22.0. The Morgan fingerprint density at radius 2 is 1.62 bits per heavy atom. The molecule has 1 aliphatic heterocycles. The van der Waals surface area contributed by atoms with Gasteiger partial charge >= 0.3 is 0 Å². The van der Waals surface area contributed by atoms with E-state index in [2.05, 4.69) is 0 Å². The van der Waals surface area contributed by atoms with Gasteiger partial charge in [-0.25, -0.2) is 0 Å². The van der Waals surface area contributed by atoms with Crippen molar-refractivity contribution in [3.63, 3.8) is 0 Å². The number of fused-ring (bicyclic) bond motifs is 1. The number of hydrogen-bond donors (Lipinski definition) is 0. The second-order valence-corrected chi connectivity index (χ2v) is 5.04. The molecule has 0 radical (unpaired) electrons. The molecule has 1 heterocycles. The second-order valence-electron chi connectivity index (χ2n) is 5.04. The molecule has 0 saturated carbocycles. The number of benzene rings is 1. The van der Waals surface area contributed by atoms with Crippen molar-refractivity contribution in [1.82, 2.24) is 4.90 Å². The van der Waals surface area contributed by atoms with Gasteiger partial charge in [0.2, 0.25) is 0 Å². The van der Waals surface area contributed by atoms with Gasteiger partial charge in [0.1, 0.15) is 0 Å². The van der Waals surface area contributed by atoms with Gasteiger partial charge in [0.25, 0.3) is 11.8 Å². The van der Waals surface area contributed by atoms with E-state index in [9.17, 15) is 29.4 Å². The van der Waals surface area contributed by atoms with Crippen LogP contribution in [0.5, 0.6) is 0 Å². The molecule has 0 aromatic heterocycles. The number of amides is 2. The number of rotatable bonds is 4. The molecule has 7 heteroatoms. The van der Waals surface area contributed by atoms with E-state index in [1.54, 1.807) is 0 Å². The number of carboxylic acids is 2. The number of carbonyl (C=O) groups excluding carboxylic acids is 4. The Hall–Kier alpha value is -2.70. The molecule has 0 unspecified atom stereocenters. The van der Waals surface area contributed by atoms with Crippen molar-refractivity contribution in [2.45, 2.75) is 19.9 Å². The van der Waals surface area contributed by atoms with Gasteiger partial charge in [0.05, 0.1) is 29.1 Å². The molecule has 0 N–H and O–H groups in total. The van der Waals surface area contributed by atoms with Crippen LogP contribution in [0.3, 0.4) is 0 Å². The molecule has 110 valence electrons. The monoisotopic (exact) mass is 289 g/mol. The Morgan fingerprint density at radius 3 is 2.10 bits per heavy atom. The third-order valence-electron chi connectivity index (χ3n) is 3.30. The van der Waals surface area contributed by atoms with Crippen molar-refractivity contribution in [2.24, 2.45) is 5.92 Å². The van der Waals surface area contributed by atoms with Crippen LogP contribution >= 0.6 is 0 Å². The minimum Gasteiger partial charge on any atom is -0.548 e. The first-order valence-corrected chi connectivity index (χ1v) is 6.19. The number of carboxylic acid groups (broad SMARTS) is 2. The van der Waals surface area contributed by atoms with Crippen LogP contribution in [-0.2, 0) is 4.79 Å². The average molecular weight is 289 g/mol. The Kier molecular flexibility index (Phi) is 3.51. The third kappa shape index (κ3) is 2.26. The molecule has 0 bridgehead atoms. The average Bonchev–Trinajstić information content (AvgIpc) is 2.63. The highest BCUT2D eigenvalue weighted by molar-refractivity contribution is 6.23. The van der Waals surface area contributed by atoms with Gasteiger partial charge in [0.15, 0.2) is 0 Å². The van der Waals surface area contributed by atoms with E-state index in [1.165, 1.54) is 19.9 Å². The normalized spacial score (nSPS) is 15.3. The maximum absolute atomic E-state index is 12.2. The zero-order chi connectivity index (χ0) is 15.9. The fourth-order valence-corrected chi connectivity index (χ4v) is 2.31. The molecule has 1 atom stereocenters. The summed E-state index contributed by atoms with van der Waals surface area (Å²) >= 11 is 0. The van der Waals surface area contributed by atoms with Crippen molar-refractivity contribution in [3.05, 3.63) is 34.9 Å². The summed E-state index contributed by atoms with van der Waals surface area (Å²) in [7, 11) is 0. The maximum Gasteiger partial charge on any atom is 0.262 e.